The molecule has 0 spiro atoms. The summed E-state index contributed by atoms with van der Waals surface area (Å²) in [4.78, 5) is 11.1. The van der Waals surface area contributed by atoms with Gasteiger partial charge in [-0.25, -0.2) is 13.2 Å². The van der Waals surface area contributed by atoms with E-state index in [0.717, 1.165) is 5.41 Å². The number of carboxylic acids is 1. The minimum atomic E-state index is -4.02. The van der Waals surface area contributed by atoms with Crippen LogP contribution >= 0.6 is 0 Å². The molecule has 0 aliphatic rings. The molecule has 0 bridgehead atoms. The van der Waals surface area contributed by atoms with Gasteiger partial charge < -0.3 is 29.2 Å². The highest BCUT2D eigenvalue weighted by atomic mass is 32.2. The van der Waals surface area contributed by atoms with E-state index in [1.165, 1.54) is 52.7 Å². The fourth-order valence-electron chi connectivity index (χ4n) is 2.70. The van der Waals surface area contributed by atoms with Gasteiger partial charge in [-0.1, -0.05) is 0 Å². The van der Waals surface area contributed by atoms with Crippen molar-refractivity contribution >= 4 is 27.8 Å². The average Bonchev–Trinajstić information content (AvgIpc) is 2.75. The molecule has 2 aromatic carbocycles. The fourth-order valence-corrected chi connectivity index (χ4v) is 3.54. The quantitative estimate of drug-likeness (QED) is 0.494. The van der Waals surface area contributed by atoms with Crippen molar-refractivity contribution in [3.8, 4) is 23.0 Å². The highest BCUT2D eigenvalue weighted by Crippen LogP contribution is 2.35. The number of ether oxygens (including phenoxy) is 4. The van der Waals surface area contributed by atoms with Gasteiger partial charge in [0, 0.05) is 23.4 Å². The Kier molecular flexibility index (Phi) is 7.72. The molecule has 0 heterocycles. The highest BCUT2D eigenvalue weighted by Gasteiger charge is 2.21. The lowest BCUT2D eigenvalue weighted by Crippen LogP contribution is -2.13. The zero-order valence-corrected chi connectivity index (χ0v) is 18.1. The van der Waals surface area contributed by atoms with Gasteiger partial charge in [0.25, 0.3) is 10.0 Å². The normalized spacial score (nSPS) is 12.3. The molecule has 0 aliphatic carbocycles. The molecule has 0 saturated carbocycles. The first-order valence-electron chi connectivity index (χ1n) is 8.75. The first-order valence-corrected chi connectivity index (χ1v) is 10.3. The SMILES string of the molecule is COc1cc(OC)c(C=CS(=O)(=O)Nc2ccc(OC)c(C(O)C(=O)O)c2)c(OC)c1. The Morgan fingerprint density at radius 1 is 0.968 bits per heavy atom. The number of anilines is 1. The summed E-state index contributed by atoms with van der Waals surface area (Å²) in [6.45, 7) is 0. The molecule has 0 aromatic heterocycles. The van der Waals surface area contributed by atoms with Crippen molar-refractivity contribution in [1.82, 2.24) is 0 Å². The minimum Gasteiger partial charge on any atom is -0.496 e. The number of carbonyl (C=O) groups is 1. The smallest absolute Gasteiger partial charge is 0.337 e. The van der Waals surface area contributed by atoms with Crippen LogP contribution in [0.25, 0.3) is 6.08 Å². The van der Waals surface area contributed by atoms with Crippen LogP contribution in [-0.2, 0) is 14.8 Å². The predicted molar refractivity (Wildman–Crippen MR) is 113 cm³/mol. The first-order chi connectivity index (χ1) is 14.6. The third-order valence-electron chi connectivity index (χ3n) is 4.19. The zero-order chi connectivity index (χ0) is 23.2. The molecule has 0 radical (unpaired) electrons. The van der Waals surface area contributed by atoms with Crippen LogP contribution in [0.3, 0.4) is 0 Å². The van der Waals surface area contributed by atoms with Gasteiger partial charge in [0.2, 0.25) is 0 Å². The second-order valence-electron chi connectivity index (χ2n) is 6.09. The molecule has 1 atom stereocenters. The molecule has 0 aliphatic heterocycles. The second-order valence-corrected chi connectivity index (χ2v) is 7.66. The molecular formula is C20H23NO9S. The van der Waals surface area contributed by atoms with Gasteiger partial charge in [0.05, 0.1) is 39.4 Å². The first kappa shape index (κ1) is 23.8. The summed E-state index contributed by atoms with van der Waals surface area (Å²) in [7, 11) is 1.60. The number of aliphatic hydroxyl groups is 1. The topological polar surface area (TPSA) is 141 Å². The number of hydrogen-bond donors (Lipinski definition) is 3. The summed E-state index contributed by atoms with van der Waals surface area (Å²) in [5.74, 6) is -0.273. The molecule has 0 saturated heterocycles. The molecule has 168 valence electrons. The van der Waals surface area contributed by atoms with E-state index in [2.05, 4.69) is 4.72 Å². The number of carboxylic acid groups (broad SMARTS) is 1. The summed E-state index contributed by atoms with van der Waals surface area (Å²) >= 11 is 0. The van der Waals surface area contributed by atoms with Crippen molar-refractivity contribution in [1.29, 1.82) is 0 Å². The van der Waals surface area contributed by atoms with Crippen molar-refractivity contribution in [2.24, 2.45) is 0 Å². The largest absolute Gasteiger partial charge is 0.496 e. The molecule has 2 aromatic rings. The van der Waals surface area contributed by atoms with Gasteiger partial charge >= 0.3 is 5.97 Å². The molecule has 2 rings (SSSR count). The number of aliphatic carboxylic acids is 1. The van der Waals surface area contributed by atoms with Crippen LogP contribution in [-0.4, -0.2) is 53.0 Å². The lowest BCUT2D eigenvalue weighted by atomic mass is 10.1. The second kappa shape index (κ2) is 10.0. The van der Waals surface area contributed by atoms with Crippen LogP contribution in [0.5, 0.6) is 23.0 Å². The highest BCUT2D eigenvalue weighted by molar-refractivity contribution is 7.95. The summed E-state index contributed by atoms with van der Waals surface area (Å²) in [5, 5.41) is 19.8. The van der Waals surface area contributed by atoms with Crippen molar-refractivity contribution < 1.29 is 42.4 Å². The summed E-state index contributed by atoms with van der Waals surface area (Å²) in [5.41, 5.74) is 0.306. The number of aliphatic hydroxyl groups excluding tert-OH is 1. The lowest BCUT2D eigenvalue weighted by molar-refractivity contribution is -0.147. The Morgan fingerprint density at radius 2 is 1.55 bits per heavy atom. The van der Waals surface area contributed by atoms with Crippen molar-refractivity contribution in [3.63, 3.8) is 0 Å². The fraction of sp³-hybridized carbons (Fsp3) is 0.250. The Labute approximate surface area is 179 Å². The monoisotopic (exact) mass is 453 g/mol. The van der Waals surface area contributed by atoms with E-state index in [9.17, 15) is 18.3 Å². The Balaban J connectivity index is 2.37. The molecule has 31 heavy (non-hydrogen) atoms. The maximum absolute atomic E-state index is 12.6. The zero-order valence-electron chi connectivity index (χ0n) is 17.3. The molecule has 1 unspecified atom stereocenters. The van der Waals surface area contributed by atoms with Crippen molar-refractivity contribution in [2.75, 3.05) is 33.2 Å². The minimum absolute atomic E-state index is 0.0365. The maximum Gasteiger partial charge on any atom is 0.337 e. The van der Waals surface area contributed by atoms with Crippen LogP contribution in [0.15, 0.2) is 35.7 Å². The Bertz CT molecular complexity index is 1060. The molecule has 0 amide bonds. The number of hydrogen-bond acceptors (Lipinski definition) is 8. The van der Waals surface area contributed by atoms with Gasteiger partial charge in [-0.15, -0.1) is 0 Å². The number of methoxy groups -OCH3 is 4. The number of nitrogens with one attached hydrogen (secondary N) is 1. The Hall–Kier alpha value is -3.44. The summed E-state index contributed by atoms with van der Waals surface area (Å²) in [6, 6.07) is 7.05. The van der Waals surface area contributed by atoms with Crippen molar-refractivity contribution in [3.05, 3.63) is 46.9 Å². The lowest BCUT2D eigenvalue weighted by Gasteiger charge is -2.14. The van der Waals surface area contributed by atoms with Gasteiger partial charge in [-0.3, -0.25) is 4.72 Å². The summed E-state index contributed by atoms with van der Waals surface area (Å²) < 4.78 is 48.1. The average molecular weight is 453 g/mol. The van der Waals surface area contributed by atoms with E-state index in [4.69, 9.17) is 24.1 Å². The summed E-state index contributed by atoms with van der Waals surface area (Å²) in [6.07, 6.45) is -0.599. The Morgan fingerprint density at radius 3 is 2.03 bits per heavy atom. The number of benzene rings is 2. The number of sulfonamides is 1. The third kappa shape index (κ3) is 5.80. The number of rotatable bonds is 10. The van der Waals surface area contributed by atoms with E-state index in [0.29, 0.717) is 22.8 Å². The van der Waals surface area contributed by atoms with Gasteiger partial charge in [0.15, 0.2) is 6.10 Å². The van der Waals surface area contributed by atoms with E-state index < -0.39 is 22.1 Å². The van der Waals surface area contributed by atoms with E-state index in [1.54, 1.807) is 12.1 Å². The molecule has 0 fully saturated rings. The molecule has 3 N–H and O–H groups in total. The third-order valence-corrected chi connectivity index (χ3v) is 5.20. The van der Waals surface area contributed by atoms with Crippen LogP contribution in [0.1, 0.15) is 17.2 Å². The molecule has 11 heteroatoms. The molecular weight excluding hydrogens is 430 g/mol. The van der Waals surface area contributed by atoms with E-state index in [1.807, 2.05) is 0 Å². The van der Waals surface area contributed by atoms with Crippen LogP contribution in [0, 0.1) is 0 Å². The van der Waals surface area contributed by atoms with E-state index >= 15 is 0 Å². The molecule has 10 nitrogen and oxygen atoms in total. The maximum atomic E-state index is 12.6. The van der Waals surface area contributed by atoms with Crippen molar-refractivity contribution in [2.45, 2.75) is 6.10 Å². The van der Waals surface area contributed by atoms with E-state index in [-0.39, 0.29) is 17.0 Å². The van der Waals surface area contributed by atoms with Gasteiger partial charge in [-0.2, -0.15) is 0 Å². The van der Waals surface area contributed by atoms with Crippen LogP contribution < -0.4 is 23.7 Å². The van der Waals surface area contributed by atoms with Crippen LogP contribution in [0.4, 0.5) is 5.69 Å². The standard InChI is InChI=1S/C20H23NO9S/c1-27-13-10-17(29-3)14(18(11-13)30-4)7-8-31(25,26)21-12-5-6-16(28-2)15(9-12)19(22)20(23)24/h5-11,19,21-22H,1-4H3,(H,23,24). The van der Waals surface area contributed by atoms with Gasteiger partial charge in [0.1, 0.15) is 23.0 Å². The predicted octanol–water partition coefficient (Wildman–Crippen LogP) is 2.25. The van der Waals surface area contributed by atoms with Crippen LogP contribution in [0.2, 0.25) is 0 Å². The van der Waals surface area contributed by atoms with Gasteiger partial charge in [-0.05, 0) is 24.3 Å².